The van der Waals surface area contributed by atoms with Crippen LogP contribution in [0.5, 0.6) is 5.88 Å². The molecule has 9 heteroatoms. The number of carbonyl (C=O) groups excluding carboxylic acids is 1. The van der Waals surface area contributed by atoms with Crippen LogP contribution in [0.25, 0.3) is 0 Å². The molecule has 0 fully saturated rings. The summed E-state index contributed by atoms with van der Waals surface area (Å²) in [5.41, 5.74) is 2.82. The molecular weight excluding hydrogens is 406 g/mol. The Balaban J connectivity index is 1.42. The summed E-state index contributed by atoms with van der Waals surface area (Å²) in [6, 6.07) is 11.4. The molecule has 2 aromatic rings. The highest BCUT2D eigenvalue weighted by Gasteiger charge is 2.19. The van der Waals surface area contributed by atoms with Gasteiger partial charge in [-0.05, 0) is 36.1 Å². The molecule has 2 N–H and O–H groups in total. The number of aromatic nitrogens is 1. The molecule has 8 nitrogen and oxygen atoms in total. The minimum atomic E-state index is -3.49. The van der Waals surface area contributed by atoms with Gasteiger partial charge in [-0.25, -0.2) is 13.4 Å². The Bertz CT molecular complexity index is 980. The molecule has 1 atom stereocenters. The fraction of sp³-hybridized carbons (Fsp3) is 0.429. The van der Waals surface area contributed by atoms with Crippen molar-refractivity contribution in [3.63, 3.8) is 0 Å². The van der Waals surface area contributed by atoms with Crippen LogP contribution in [-0.2, 0) is 27.8 Å². The van der Waals surface area contributed by atoms with Crippen LogP contribution in [-0.4, -0.2) is 61.2 Å². The number of aliphatic hydroxyl groups is 1. The van der Waals surface area contributed by atoms with Crippen molar-refractivity contribution in [2.75, 3.05) is 30.7 Å². The zero-order valence-electron chi connectivity index (χ0n) is 17.0. The fourth-order valence-corrected chi connectivity index (χ4v) is 3.99. The quantitative estimate of drug-likeness (QED) is 0.586. The van der Waals surface area contributed by atoms with Gasteiger partial charge in [-0.1, -0.05) is 24.3 Å². The van der Waals surface area contributed by atoms with Crippen LogP contribution in [0.2, 0.25) is 0 Å². The van der Waals surface area contributed by atoms with Crippen molar-refractivity contribution >= 4 is 21.5 Å². The highest BCUT2D eigenvalue weighted by Crippen LogP contribution is 2.22. The van der Waals surface area contributed by atoms with Crippen molar-refractivity contribution in [1.29, 1.82) is 0 Å². The average molecular weight is 434 g/mol. The highest BCUT2D eigenvalue weighted by molar-refractivity contribution is 7.92. The molecule has 0 spiro atoms. The number of carbonyl (C=O) groups is 1. The molecule has 1 aromatic heterocycles. The lowest BCUT2D eigenvalue weighted by molar-refractivity contribution is -0.121. The van der Waals surface area contributed by atoms with Crippen LogP contribution in [0.4, 0.5) is 5.69 Å². The number of ether oxygens (including phenoxy) is 1. The van der Waals surface area contributed by atoms with Gasteiger partial charge in [-0.15, -0.1) is 0 Å². The number of fused-ring (bicyclic) bond motifs is 1. The van der Waals surface area contributed by atoms with Crippen molar-refractivity contribution in [3.8, 4) is 5.88 Å². The Morgan fingerprint density at radius 3 is 2.80 bits per heavy atom. The van der Waals surface area contributed by atoms with Crippen molar-refractivity contribution in [1.82, 2.24) is 9.88 Å². The van der Waals surface area contributed by atoms with E-state index in [1.165, 1.54) is 23.4 Å². The Kier molecular flexibility index (Phi) is 7.41. The molecule has 1 aliphatic heterocycles. The minimum absolute atomic E-state index is 0.0452. The zero-order chi connectivity index (χ0) is 21.6. The molecule has 1 aliphatic rings. The molecule has 0 amide bonds. The first-order chi connectivity index (χ1) is 14.3. The van der Waals surface area contributed by atoms with E-state index in [0.717, 1.165) is 25.8 Å². The third kappa shape index (κ3) is 6.79. The van der Waals surface area contributed by atoms with Gasteiger partial charge in [0, 0.05) is 32.3 Å². The standard InChI is InChI=1S/C21H27N3O5S/c1-30(27,28)23-20-7-4-11-22-21(20)29-15-19(26)9-8-18(25)14-24-12-10-16-5-2-3-6-17(16)13-24/h2-7,11,18,23,25H,8-10,12-15H2,1H3. The van der Waals surface area contributed by atoms with E-state index < -0.39 is 16.1 Å². The highest BCUT2D eigenvalue weighted by atomic mass is 32.2. The van der Waals surface area contributed by atoms with Gasteiger partial charge in [0.05, 0.1) is 12.4 Å². The molecule has 1 aromatic carbocycles. The van der Waals surface area contributed by atoms with Gasteiger partial charge in [-0.3, -0.25) is 14.4 Å². The molecule has 0 aliphatic carbocycles. The molecule has 162 valence electrons. The first-order valence-corrected chi connectivity index (χ1v) is 11.7. The van der Waals surface area contributed by atoms with E-state index in [9.17, 15) is 18.3 Å². The Morgan fingerprint density at radius 2 is 2.03 bits per heavy atom. The van der Waals surface area contributed by atoms with Crippen molar-refractivity contribution < 1.29 is 23.1 Å². The van der Waals surface area contributed by atoms with E-state index in [4.69, 9.17) is 4.74 Å². The number of nitrogens with zero attached hydrogens (tertiary/aromatic N) is 2. The topological polar surface area (TPSA) is 109 Å². The summed E-state index contributed by atoms with van der Waals surface area (Å²) in [6.45, 7) is 1.98. The number of benzene rings is 1. The monoisotopic (exact) mass is 433 g/mol. The third-order valence-corrected chi connectivity index (χ3v) is 5.46. The first kappa shape index (κ1) is 22.2. The zero-order valence-corrected chi connectivity index (χ0v) is 17.8. The summed E-state index contributed by atoms with van der Waals surface area (Å²) in [5, 5.41) is 10.3. The largest absolute Gasteiger partial charge is 0.468 e. The molecule has 1 unspecified atom stereocenters. The summed E-state index contributed by atoms with van der Waals surface area (Å²) >= 11 is 0. The predicted octanol–water partition coefficient (Wildman–Crippen LogP) is 1.60. The number of β-amino-alcohol motifs (C(OH)–C–C–N with tert-alkyl or cyclic N) is 1. The van der Waals surface area contributed by atoms with Gasteiger partial charge in [0.15, 0.2) is 5.78 Å². The molecule has 3 rings (SSSR count). The number of anilines is 1. The second-order valence-electron chi connectivity index (χ2n) is 7.50. The lowest BCUT2D eigenvalue weighted by Crippen LogP contribution is -2.36. The smallest absolute Gasteiger partial charge is 0.238 e. The van der Waals surface area contributed by atoms with Crippen LogP contribution >= 0.6 is 0 Å². The van der Waals surface area contributed by atoms with Gasteiger partial charge >= 0.3 is 0 Å². The number of pyridine rings is 1. The van der Waals surface area contributed by atoms with Crippen molar-refractivity contribution in [2.24, 2.45) is 0 Å². The van der Waals surface area contributed by atoms with E-state index in [1.54, 1.807) is 6.07 Å². The van der Waals surface area contributed by atoms with Crippen LogP contribution in [0.15, 0.2) is 42.6 Å². The fourth-order valence-electron chi connectivity index (χ4n) is 3.43. The molecular formula is C21H27N3O5S. The van der Waals surface area contributed by atoms with Crippen LogP contribution in [0.3, 0.4) is 0 Å². The lowest BCUT2D eigenvalue weighted by Gasteiger charge is -2.30. The van der Waals surface area contributed by atoms with Crippen LogP contribution in [0.1, 0.15) is 24.0 Å². The number of aliphatic hydroxyl groups excluding tert-OH is 1. The van der Waals surface area contributed by atoms with Crippen LogP contribution < -0.4 is 9.46 Å². The summed E-state index contributed by atoms with van der Waals surface area (Å²) in [7, 11) is -3.49. The molecule has 0 bridgehead atoms. The summed E-state index contributed by atoms with van der Waals surface area (Å²) in [5.74, 6) is -0.141. The number of sulfonamides is 1. The average Bonchev–Trinajstić information content (AvgIpc) is 2.70. The summed E-state index contributed by atoms with van der Waals surface area (Å²) in [6.07, 6.45) is 3.36. The predicted molar refractivity (Wildman–Crippen MR) is 114 cm³/mol. The summed E-state index contributed by atoms with van der Waals surface area (Å²) < 4.78 is 30.5. The van der Waals surface area contributed by atoms with Gasteiger partial charge in [0.25, 0.3) is 0 Å². The number of hydrogen-bond donors (Lipinski definition) is 2. The van der Waals surface area contributed by atoms with Gasteiger partial charge in [0.1, 0.15) is 12.3 Å². The third-order valence-electron chi connectivity index (χ3n) is 4.87. The Labute approximate surface area is 176 Å². The summed E-state index contributed by atoms with van der Waals surface area (Å²) in [4.78, 5) is 18.3. The van der Waals surface area contributed by atoms with E-state index in [2.05, 4.69) is 26.7 Å². The Hall–Kier alpha value is -2.49. The number of ketones is 1. The Morgan fingerprint density at radius 1 is 1.27 bits per heavy atom. The second-order valence-corrected chi connectivity index (χ2v) is 9.25. The van der Waals surface area contributed by atoms with Gasteiger partial charge < -0.3 is 9.84 Å². The SMILES string of the molecule is CS(=O)(=O)Nc1cccnc1OCC(=O)CCC(O)CN1CCc2ccccc2C1. The number of hydrogen-bond acceptors (Lipinski definition) is 7. The first-order valence-electron chi connectivity index (χ1n) is 9.84. The molecule has 2 heterocycles. The molecule has 0 saturated carbocycles. The van der Waals surface area contributed by atoms with Crippen molar-refractivity contribution in [3.05, 3.63) is 53.7 Å². The van der Waals surface area contributed by atoms with Crippen LogP contribution in [0, 0.1) is 0 Å². The minimum Gasteiger partial charge on any atom is -0.468 e. The van der Waals surface area contributed by atoms with E-state index in [-0.39, 0.29) is 30.4 Å². The number of Topliss-reactive ketones (excluding diaryl/α,β-unsaturated/α-hetero) is 1. The van der Waals surface area contributed by atoms with E-state index >= 15 is 0 Å². The molecule has 0 radical (unpaired) electrons. The van der Waals surface area contributed by atoms with Crippen molar-refractivity contribution in [2.45, 2.75) is 31.9 Å². The number of nitrogens with one attached hydrogen (secondary N) is 1. The van der Waals surface area contributed by atoms with Gasteiger partial charge in [-0.2, -0.15) is 0 Å². The number of rotatable bonds is 10. The molecule has 0 saturated heterocycles. The molecule has 30 heavy (non-hydrogen) atoms. The van der Waals surface area contributed by atoms with E-state index in [1.807, 2.05) is 12.1 Å². The lowest BCUT2D eigenvalue weighted by atomic mass is 9.99. The maximum atomic E-state index is 12.2. The maximum absolute atomic E-state index is 12.2. The van der Waals surface area contributed by atoms with E-state index in [0.29, 0.717) is 13.0 Å². The van der Waals surface area contributed by atoms with Gasteiger partial charge in [0.2, 0.25) is 15.9 Å². The maximum Gasteiger partial charge on any atom is 0.238 e. The second kappa shape index (κ2) is 10.0. The normalized spacial score (nSPS) is 15.3.